The molecule has 0 saturated heterocycles. The number of ether oxygens (including phenoxy) is 1. The maximum Gasteiger partial charge on any atom is 0.119 e. The molecular weight excluding hydrogens is 245 g/mol. The molecule has 0 fully saturated rings. The molecule has 0 bridgehead atoms. The van der Waals surface area contributed by atoms with E-state index in [-0.39, 0.29) is 12.4 Å². The summed E-state index contributed by atoms with van der Waals surface area (Å²) in [7, 11) is 0. The van der Waals surface area contributed by atoms with E-state index in [1.165, 1.54) is 0 Å². The number of halogens is 2. The van der Waals surface area contributed by atoms with Crippen molar-refractivity contribution in [3.8, 4) is 5.75 Å². The maximum absolute atomic E-state index is 5.78. The fourth-order valence-electron chi connectivity index (χ4n) is 1.36. The lowest BCUT2D eigenvalue weighted by Gasteiger charge is -2.17. The molecule has 0 aromatic heterocycles. The van der Waals surface area contributed by atoms with Gasteiger partial charge in [0.2, 0.25) is 0 Å². The van der Waals surface area contributed by atoms with Crippen LogP contribution < -0.4 is 4.74 Å². The molecule has 4 heteroatoms. The van der Waals surface area contributed by atoms with Crippen LogP contribution in [0, 0.1) is 0 Å². The van der Waals surface area contributed by atoms with Crippen LogP contribution in [0.3, 0.4) is 0 Å². The minimum atomic E-state index is 0. The quantitative estimate of drug-likeness (QED) is 0.780. The lowest BCUT2D eigenvalue weighted by molar-refractivity contribution is 0.223. The molecule has 16 heavy (non-hydrogen) atoms. The van der Waals surface area contributed by atoms with Crippen LogP contribution in [0.2, 0.25) is 5.02 Å². The van der Waals surface area contributed by atoms with Gasteiger partial charge in [-0.1, -0.05) is 25.4 Å². The number of rotatable bonds is 6. The van der Waals surface area contributed by atoms with Crippen LogP contribution in [0.5, 0.6) is 5.75 Å². The number of nitrogens with zero attached hydrogens (tertiary/aromatic N) is 1. The second-order valence-electron chi connectivity index (χ2n) is 3.33. The third-order valence-corrected chi connectivity index (χ3v) is 2.64. The maximum atomic E-state index is 5.78. The molecule has 0 unspecified atom stereocenters. The van der Waals surface area contributed by atoms with Crippen molar-refractivity contribution in [1.82, 2.24) is 4.90 Å². The van der Waals surface area contributed by atoms with Crippen LogP contribution >= 0.6 is 24.0 Å². The Balaban J connectivity index is 0.00000225. The summed E-state index contributed by atoms with van der Waals surface area (Å²) >= 11 is 5.78. The van der Waals surface area contributed by atoms with Crippen molar-refractivity contribution in [2.75, 3.05) is 26.2 Å². The molecule has 92 valence electrons. The summed E-state index contributed by atoms with van der Waals surface area (Å²) in [5, 5.41) is 0.742. The molecule has 0 radical (unpaired) electrons. The first-order valence-electron chi connectivity index (χ1n) is 5.37. The fraction of sp³-hybridized carbons (Fsp3) is 0.500. The Morgan fingerprint density at radius 1 is 1.12 bits per heavy atom. The van der Waals surface area contributed by atoms with E-state index in [0.717, 1.165) is 37.0 Å². The molecule has 0 amide bonds. The van der Waals surface area contributed by atoms with Gasteiger partial charge < -0.3 is 9.64 Å². The predicted molar refractivity (Wildman–Crippen MR) is 72.0 cm³/mol. The molecule has 0 spiro atoms. The molecule has 1 rings (SSSR count). The van der Waals surface area contributed by atoms with E-state index < -0.39 is 0 Å². The summed E-state index contributed by atoms with van der Waals surface area (Å²) in [5.74, 6) is 0.881. The second kappa shape index (κ2) is 8.68. The highest BCUT2D eigenvalue weighted by Gasteiger charge is 1.99. The van der Waals surface area contributed by atoms with Gasteiger partial charge in [-0.2, -0.15) is 0 Å². The van der Waals surface area contributed by atoms with Crippen molar-refractivity contribution in [2.24, 2.45) is 0 Å². The predicted octanol–water partition coefficient (Wildman–Crippen LogP) is 3.48. The first-order valence-corrected chi connectivity index (χ1v) is 5.74. The van der Waals surface area contributed by atoms with Gasteiger partial charge in [-0.3, -0.25) is 0 Å². The lowest BCUT2D eigenvalue weighted by Crippen LogP contribution is -2.27. The third-order valence-electron chi connectivity index (χ3n) is 2.38. The molecule has 1 aromatic carbocycles. The average Bonchev–Trinajstić information content (AvgIpc) is 2.27. The molecule has 0 atom stereocenters. The van der Waals surface area contributed by atoms with Crippen molar-refractivity contribution in [1.29, 1.82) is 0 Å². The van der Waals surface area contributed by atoms with E-state index in [1.54, 1.807) is 0 Å². The van der Waals surface area contributed by atoms with Gasteiger partial charge in [-0.05, 0) is 37.4 Å². The lowest BCUT2D eigenvalue weighted by atomic mass is 10.3. The van der Waals surface area contributed by atoms with Crippen LogP contribution in [-0.2, 0) is 0 Å². The van der Waals surface area contributed by atoms with Gasteiger partial charge in [-0.25, -0.2) is 0 Å². The topological polar surface area (TPSA) is 12.5 Å². The van der Waals surface area contributed by atoms with Crippen molar-refractivity contribution in [3.05, 3.63) is 29.3 Å². The normalized spacial score (nSPS) is 10.0. The summed E-state index contributed by atoms with van der Waals surface area (Å²) in [6, 6.07) is 7.47. The van der Waals surface area contributed by atoms with Crippen molar-refractivity contribution >= 4 is 24.0 Å². The minimum absolute atomic E-state index is 0. The molecule has 1 aromatic rings. The van der Waals surface area contributed by atoms with Gasteiger partial charge in [0.1, 0.15) is 12.4 Å². The van der Waals surface area contributed by atoms with Gasteiger partial charge in [0.05, 0.1) is 0 Å². The van der Waals surface area contributed by atoms with Gasteiger partial charge in [0.15, 0.2) is 0 Å². The summed E-state index contributed by atoms with van der Waals surface area (Å²) in [5.41, 5.74) is 0. The van der Waals surface area contributed by atoms with Crippen LogP contribution in [0.4, 0.5) is 0 Å². The Morgan fingerprint density at radius 2 is 1.69 bits per heavy atom. The number of benzene rings is 1. The summed E-state index contributed by atoms with van der Waals surface area (Å²) in [6.45, 7) is 8.15. The molecule has 0 aliphatic carbocycles. The number of hydrogen-bond acceptors (Lipinski definition) is 2. The summed E-state index contributed by atoms with van der Waals surface area (Å²) in [4.78, 5) is 2.33. The molecule has 0 aliphatic heterocycles. The average molecular weight is 264 g/mol. The Kier molecular flexibility index (Phi) is 8.44. The standard InChI is InChI=1S/C12H18ClNO.ClH/c1-3-14(4-2)9-10-15-12-7-5-11(13)6-8-12;/h5-8H,3-4,9-10H2,1-2H3;1H. The Bertz CT molecular complexity index is 273. The molecular formula is C12H19Cl2NO. The highest BCUT2D eigenvalue weighted by Crippen LogP contribution is 2.15. The second-order valence-corrected chi connectivity index (χ2v) is 3.77. The Hall–Kier alpha value is -0.440. The minimum Gasteiger partial charge on any atom is -0.492 e. The largest absolute Gasteiger partial charge is 0.492 e. The Morgan fingerprint density at radius 3 is 2.19 bits per heavy atom. The van der Waals surface area contributed by atoms with Gasteiger partial charge in [0, 0.05) is 11.6 Å². The van der Waals surface area contributed by atoms with E-state index in [2.05, 4.69) is 18.7 Å². The first kappa shape index (κ1) is 15.6. The van der Waals surface area contributed by atoms with Crippen molar-refractivity contribution < 1.29 is 4.74 Å². The molecule has 0 heterocycles. The van der Waals surface area contributed by atoms with E-state index in [0.29, 0.717) is 0 Å². The van der Waals surface area contributed by atoms with E-state index in [4.69, 9.17) is 16.3 Å². The molecule has 0 aliphatic rings. The fourth-order valence-corrected chi connectivity index (χ4v) is 1.49. The third kappa shape index (κ3) is 5.59. The number of likely N-dealkylation sites (N-methyl/N-ethyl adjacent to an activating group) is 1. The molecule has 0 N–H and O–H groups in total. The zero-order valence-corrected chi connectivity index (χ0v) is 11.4. The Labute approximate surface area is 109 Å². The zero-order chi connectivity index (χ0) is 11.1. The van der Waals surface area contributed by atoms with Crippen LogP contribution in [0.1, 0.15) is 13.8 Å². The van der Waals surface area contributed by atoms with Crippen LogP contribution in [0.15, 0.2) is 24.3 Å². The van der Waals surface area contributed by atoms with Crippen molar-refractivity contribution in [3.63, 3.8) is 0 Å². The highest BCUT2D eigenvalue weighted by atomic mass is 35.5. The zero-order valence-electron chi connectivity index (χ0n) is 9.78. The molecule has 2 nitrogen and oxygen atoms in total. The number of hydrogen-bond donors (Lipinski definition) is 0. The van der Waals surface area contributed by atoms with E-state index >= 15 is 0 Å². The van der Waals surface area contributed by atoms with Crippen LogP contribution in [-0.4, -0.2) is 31.1 Å². The highest BCUT2D eigenvalue weighted by molar-refractivity contribution is 6.30. The SMILES string of the molecule is CCN(CC)CCOc1ccc(Cl)cc1.Cl. The monoisotopic (exact) mass is 263 g/mol. The van der Waals surface area contributed by atoms with Gasteiger partial charge in [0.25, 0.3) is 0 Å². The molecule has 0 saturated carbocycles. The van der Waals surface area contributed by atoms with E-state index in [9.17, 15) is 0 Å². The first-order chi connectivity index (χ1) is 7.26. The van der Waals surface area contributed by atoms with Gasteiger partial charge in [-0.15, -0.1) is 12.4 Å². The van der Waals surface area contributed by atoms with Crippen molar-refractivity contribution in [2.45, 2.75) is 13.8 Å². The summed E-state index contributed by atoms with van der Waals surface area (Å²) < 4.78 is 5.59. The summed E-state index contributed by atoms with van der Waals surface area (Å²) in [6.07, 6.45) is 0. The van der Waals surface area contributed by atoms with E-state index in [1.807, 2.05) is 24.3 Å². The van der Waals surface area contributed by atoms with Gasteiger partial charge >= 0.3 is 0 Å². The smallest absolute Gasteiger partial charge is 0.119 e. The van der Waals surface area contributed by atoms with Crippen LogP contribution in [0.25, 0.3) is 0 Å².